The summed E-state index contributed by atoms with van der Waals surface area (Å²) >= 11 is 0. The summed E-state index contributed by atoms with van der Waals surface area (Å²) in [5, 5.41) is 7.30. The summed E-state index contributed by atoms with van der Waals surface area (Å²) in [5.41, 5.74) is 0.929. The molecule has 0 amide bonds. The molecule has 2 fully saturated rings. The minimum absolute atomic E-state index is 0.879. The summed E-state index contributed by atoms with van der Waals surface area (Å²) in [4.78, 5) is 2.35. The fourth-order valence-electron chi connectivity index (χ4n) is 1.36. The van der Waals surface area contributed by atoms with E-state index >= 15 is 0 Å². The van der Waals surface area contributed by atoms with Gasteiger partial charge in [-0.25, -0.2) is 0 Å². The molecule has 2 rings (SSSR count). The van der Waals surface area contributed by atoms with Crippen molar-refractivity contribution in [2.24, 2.45) is 0 Å². The molecule has 2 atom stereocenters. The molecule has 0 bridgehead atoms. The van der Waals surface area contributed by atoms with Crippen LogP contribution in [0.2, 0.25) is 0 Å². The summed E-state index contributed by atoms with van der Waals surface area (Å²) in [6, 6.07) is 0.879. The Kier molecular flexibility index (Phi) is 0.742. The second-order valence-electron chi connectivity index (χ2n) is 2.73. The topological polar surface area (TPSA) is 26.9 Å². The molecule has 0 aromatic carbocycles. The van der Waals surface area contributed by atoms with Crippen LogP contribution in [0.25, 0.3) is 0 Å². The molecule has 0 saturated carbocycles. The van der Waals surface area contributed by atoms with Gasteiger partial charge in [-0.3, -0.25) is 4.90 Å². The largest absolute Gasteiger partial charge is 0.308 e. The second-order valence-corrected chi connectivity index (χ2v) is 2.73. The van der Waals surface area contributed by atoms with Crippen molar-refractivity contribution in [3.05, 3.63) is 0 Å². The molecule has 2 nitrogen and oxygen atoms in total. The fraction of sp³-hybridized carbons (Fsp3) is 0.833. The van der Waals surface area contributed by atoms with Gasteiger partial charge < -0.3 is 5.41 Å². The predicted molar refractivity (Wildman–Crippen MR) is 32.3 cm³/mol. The van der Waals surface area contributed by atoms with Gasteiger partial charge in [-0.1, -0.05) is 0 Å². The first-order valence-corrected chi connectivity index (χ1v) is 3.16. The maximum atomic E-state index is 7.30. The Morgan fingerprint density at radius 2 is 2.50 bits per heavy atom. The van der Waals surface area contributed by atoms with Crippen LogP contribution in [0.1, 0.15) is 12.8 Å². The molecule has 2 aliphatic rings. The average molecular weight is 110 g/mol. The standard InChI is InChI=1S/C6H10N2/c7-5-1-2-6-4-8(6)3-5/h6-7H,1-4H2. The molecule has 0 spiro atoms. The van der Waals surface area contributed by atoms with Gasteiger partial charge in [0.25, 0.3) is 0 Å². The lowest BCUT2D eigenvalue weighted by molar-refractivity contribution is 0.524. The first kappa shape index (κ1) is 4.50. The number of nitrogens with zero attached hydrogens (tertiary/aromatic N) is 1. The third kappa shape index (κ3) is 0.564. The Morgan fingerprint density at radius 3 is 3.12 bits per heavy atom. The van der Waals surface area contributed by atoms with Crippen LogP contribution in [-0.2, 0) is 0 Å². The summed E-state index contributed by atoms with van der Waals surface area (Å²) in [7, 11) is 0. The van der Waals surface area contributed by atoms with Crippen LogP contribution < -0.4 is 0 Å². The van der Waals surface area contributed by atoms with Crippen molar-refractivity contribution in [3.63, 3.8) is 0 Å². The number of rotatable bonds is 0. The molecule has 8 heavy (non-hydrogen) atoms. The van der Waals surface area contributed by atoms with Crippen LogP contribution in [0.15, 0.2) is 0 Å². The van der Waals surface area contributed by atoms with Gasteiger partial charge in [0.1, 0.15) is 0 Å². The Balaban J connectivity index is 2.02. The number of fused-ring (bicyclic) bond motifs is 1. The zero-order chi connectivity index (χ0) is 5.56. The highest BCUT2D eigenvalue weighted by Gasteiger charge is 2.37. The quantitative estimate of drug-likeness (QED) is 0.451. The van der Waals surface area contributed by atoms with E-state index in [1.165, 1.54) is 13.0 Å². The van der Waals surface area contributed by atoms with Gasteiger partial charge in [-0.15, -0.1) is 0 Å². The van der Waals surface area contributed by atoms with Crippen molar-refractivity contribution in [1.29, 1.82) is 5.41 Å². The molecule has 2 aliphatic heterocycles. The highest BCUT2D eigenvalue weighted by molar-refractivity contribution is 5.84. The third-order valence-corrected chi connectivity index (χ3v) is 2.00. The second kappa shape index (κ2) is 1.32. The van der Waals surface area contributed by atoms with Gasteiger partial charge >= 0.3 is 0 Å². The lowest BCUT2D eigenvalue weighted by Crippen LogP contribution is -2.19. The molecule has 0 aromatic rings. The minimum Gasteiger partial charge on any atom is -0.308 e. The van der Waals surface area contributed by atoms with Gasteiger partial charge in [-0.05, 0) is 12.8 Å². The zero-order valence-electron chi connectivity index (χ0n) is 4.85. The Bertz CT molecular complexity index is 130. The van der Waals surface area contributed by atoms with E-state index in [4.69, 9.17) is 5.41 Å². The predicted octanol–water partition coefficient (Wildman–Crippen LogP) is 0.484. The van der Waals surface area contributed by atoms with Crippen molar-refractivity contribution >= 4 is 5.71 Å². The first-order chi connectivity index (χ1) is 3.86. The Labute approximate surface area is 49.0 Å². The number of hydrogen-bond donors (Lipinski definition) is 1. The molecular weight excluding hydrogens is 100 g/mol. The summed E-state index contributed by atoms with van der Waals surface area (Å²) in [6.07, 6.45) is 2.31. The van der Waals surface area contributed by atoms with Crippen LogP contribution in [0.3, 0.4) is 0 Å². The minimum atomic E-state index is 0.879. The zero-order valence-corrected chi connectivity index (χ0v) is 4.85. The molecule has 1 N–H and O–H groups in total. The molecular formula is C6H10N2. The molecule has 2 unspecified atom stereocenters. The molecule has 0 aliphatic carbocycles. The van der Waals surface area contributed by atoms with Crippen molar-refractivity contribution in [1.82, 2.24) is 4.90 Å². The first-order valence-electron chi connectivity index (χ1n) is 3.16. The lowest BCUT2D eigenvalue weighted by Gasteiger charge is -2.10. The van der Waals surface area contributed by atoms with Crippen LogP contribution >= 0.6 is 0 Å². The number of hydrogen-bond acceptors (Lipinski definition) is 2. The van der Waals surface area contributed by atoms with Gasteiger partial charge in [0.15, 0.2) is 0 Å². The molecule has 2 saturated heterocycles. The molecule has 2 heterocycles. The summed E-state index contributed by atoms with van der Waals surface area (Å²) in [6.45, 7) is 2.23. The highest BCUT2D eigenvalue weighted by Crippen LogP contribution is 2.26. The van der Waals surface area contributed by atoms with E-state index in [-0.39, 0.29) is 0 Å². The Hall–Kier alpha value is -0.370. The van der Waals surface area contributed by atoms with E-state index in [0.29, 0.717) is 0 Å². The Morgan fingerprint density at radius 1 is 1.62 bits per heavy atom. The van der Waals surface area contributed by atoms with Crippen molar-refractivity contribution < 1.29 is 0 Å². The molecule has 2 heteroatoms. The van der Waals surface area contributed by atoms with Crippen LogP contribution in [-0.4, -0.2) is 29.7 Å². The van der Waals surface area contributed by atoms with E-state index in [1.807, 2.05) is 0 Å². The normalized spacial score (nSPS) is 43.8. The smallest absolute Gasteiger partial charge is 0.0364 e. The molecule has 44 valence electrons. The van der Waals surface area contributed by atoms with Gasteiger partial charge in [-0.2, -0.15) is 0 Å². The van der Waals surface area contributed by atoms with Crippen molar-refractivity contribution in [2.45, 2.75) is 18.9 Å². The van der Waals surface area contributed by atoms with E-state index in [1.54, 1.807) is 0 Å². The van der Waals surface area contributed by atoms with Crippen LogP contribution in [0, 0.1) is 5.41 Å². The van der Waals surface area contributed by atoms with Gasteiger partial charge in [0.2, 0.25) is 0 Å². The van der Waals surface area contributed by atoms with Crippen molar-refractivity contribution in [3.8, 4) is 0 Å². The van der Waals surface area contributed by atoms with Gasteiger partial charge in [0, 0.05) is 24.8 Å². The SMILES string of the molecule is N=C1CCC2CN2C1. The van der Waals surface area contributed by atoms with E-state index in [2.05, 4.69) is 4.90 Å². The monoisotopic (exact) mass is 110 g/mol. The summed E-state index contributed by atoms with van der Waals surface area (Å²) < 4.78 is 0. The average Bonchev–Trinajstić information content (AvgIpc) is 2.43. The van der Waals surface area contributed by atoms with E-state index in [0.717, 1.165) is 24.7 Å². The van der Waals surface area contributed by atoms with E-state index < -0.39 is 0 Å². The lowest BCUT2D eigenvalue weighted by atomic mass is 10.1. The van der Waals surface area contributed by atoms with Crippen LogP contribution in [0.5, 0.6) is 0 Å². The third-order valence-electron chi connectivity index (χ3n) is 2.00. The maximum absolute atomic E-state index is 7.30. The molecule has 0 radical (unpaired) electrons. The van der Waals surface area contributed by atoms with Crippen LogP contribution in [0.4, 0.5) is 0 Å². The number of nitrogens with one attached hydrogen (secondary N) is 1. The summed E-state index contributed by atoms with van der Waals surface area (Å²) in [5.74, 6) is 0. The highest BCUT2D eigenvalue weighted by atomic mass is 15.3. The fourth-order valence-corrected chi connectivity index (χ4v) is 1.36. The van der Waals surface area contributed by atoms with E-state index in [9.17, 15) is 0 Å². The molecule has 0 aromatic heterocycles. The maximum Gasteiger partial charge on any atom is 0.0364 e. The van der Waals surface area contributed by atoms with Gasteiger partial charge in [0.05, 0.1) is 0 Å². The number of piperidine rings is 1. The van der Waals surface area contributed by atoms with Crippen molar-refractivity contribution in [2.75, 3.05) is 13.1 Å².